The van der Waals surface area contributed by atoms with Crippen LogP contribution in [0.25, 0.3) is 0 Å². The van der Waals surface area contributed by atoms with E-state index in [4.69, 9.17) is 9.84 Å². The predicted molar refractivity (Wildman–Crippen MR) is 77.3 cm³/mol. The zero-order valence-corrected chi connectivity index (χ0v) is 12.3. The highest BCUT2D eigenvalue weighted by molar-refractivity contribution is 7.99. The van der Waals surface area contributed by atoms with E-state index in [1.807, 2.05) is 13.8 Å². The molecule has 0 unspecified atom stereocenters. The lowest BCUT2D eigenvalue weighted by Crippen LogP contribution is -2.27. The molecule has 0 saturated carbocycles. The smallest absolute Gasteiger partial charge is 0.313 e. The Morgan fingerprint density at radius 3 is 2.85 bits per heavy atom. The molecule has 0 spiro atoms. The molecule has 0 aliphatic rings. The minimum atomic E-state index is -0.860. The fourth-order valence-electron chi connectivity index (χ4n) is 1.34. The second-order valence-electron chi connectivity index (χ2n) is 4.23. The molecule has 2 N–H and O–H groups in total. The number of hydrogen-bond acceptors (Lipinski definition) is 5. The molecule has 0 bridgehead atoms. The summed E-state index contributed by atoms with van der Waals surface area (Å²) < 4.78 is 5.41. The Morgan fingerprint density at radius 1 is 1.45 bits per heavy atom. The molecule has 7 heteroatoms. The van der Waals surface area contributed by atoms with Gasteiger partial charge in [-0.3, -0.25) is 9.59 Å². The number of carbonyl (C=O) groups is 2. The third-order valence-electron chi connectivity index (χ3n) is 2.07. The molecule has 1 heterocycles. The molecule has 0 radical (unpaired) electrons. The quantitative estimate of drug-likeness (QED) is 0.706. The van der Waals surface area contributed by atoms with Gasteiger partial charge >= 0.3 is 5.97 Å². The van der Waals surface area contributed by atoms with Gasteiger partial charge in [0.2, 0.25) is 5.88 Å². The highest BCUT2D eigenvalue weighted by Gasteiger charge is 2.08. The first-order chi connectivity index (χ1) is 9.49. The zero-order chi connectivity index (χ0) is 15.0. The maximum atomic E-state index is 11.8. The standard InChI is InChI=1S/C13H18N2O4S/c1-9(2)19-11-5-3-4-10(15-11)13(18)14-6-7-20-8-12(16)17/h3-5,9H,6-8H2,1-2H3,(H,14,18)(H,16,17). The van der Waals surface area contributed by atoms with Crippen molar-refractivity contribution in [1.29, 1.82) is 0 Å². The summed E-state index contributed by atoms with van der Waals surface area (Å²) in [5.41, 5.74) is 0.284. The lowest BCUT2D eigenvalue weighted by atomic mass is 10.3. The van der Waals surface area contributed by atoms with Gasteiger partial charge in [0.1, 0.15) is 5.69 Å². The predicted octanol–water partition coefficient (Wildman–Crippen LogP) is 1.42. The number of hydrogen-bond donors (Lipinski definition) is 2. The molecule has 1 amide bonds. The summed E-state index contributed by atoms with van der Waals surface area (Å²) >= 11 is 1.25. The van der Waals surface area contributed by atoms with Crippen LogP contribution < -0.4 is 10.1 Å². The van der Waals surface area contributed by atoms with Gasteiger partial charge in [-0.05, 0) is 19.9 Å². The monoisotopic (exact) mass is 298 g/mol. The maximum absolute atomic E-state index is 11.8. The molecule has 1 rings (SSSR count). The van der Waals surface area contributed by atoms with Gasteiger partial charge in [-0.25, -0.2) is 4.98 Å². The number of rotatable bonds is 8. The Bertz CT molecular complexity index is 465. The van der Waals surface area contributed by atoms with E-state index in [9.17, 15) is 9.59 Å². The Kier molecular flexibility index (Phi) is 6.86. The van der Waals surface area contributed by atoms with Crippen molar-refractivity contribution >= 4 is 23.6 Å². The first-order valence-corrected chi connectivity index (χ1v) is 7.36. The van der Waals surface area contributed by atoms with Gasteiger partial charge in [0.25, 0.3) is 5.91 Å². The van der Waals surface area contributed by atoms with Gasteiger partial charge < -0.3 is 15.2 Å². The van der Waals surface area contributed by atoms with Crippen LogP contribution in [0, 0.1) is 0 Å². The number of nitrogens with zero attached hydrogens (tertiary/aromatic N) is 1. The van der Waals surface area contributed by atoms with Crippen molar-refractivity contribution in [2.75, 3.05) is 18.1 Å². The lowest BCUT2D eigenvalue weighted by Gasteiger charge is -2.09. The number of carboxylic acid groups (broad SMARTS) is 1. The number of aliphatic carboxylic acids is 1. The Balaban J connectivity index is 2.41. The number of nitrogens with one attached hydrogen (secondary N) is 1. The first kappa shape index (κ1) is 16.3. The average Bonchev–Trinajstić information content (AvgIpc) is 2.37. The molecule has 0 aliphatic carbocycles. The van der Waals surface area contributed by atoms with Crippen LogP contribution in [0.5, 0.6) is 5.88 Å². The third-order valence-corrected chi connectivity index (χ3v) is 3.01. The fraction of sp³-hybridized carbons (Fsp3) is 0.462. The van der Waals surface area contributed by atoms with Crippen LogP contribution in [0.15, 0.2) is 18.2 Å². The van der Waals surface area contributed by atoms with Crippen LogP contribution in [0.4, 0.5) is 0 Å². The molecule has 0 fully saturated rings. The number of carbonyl (C=O) groups excluding carboxylic acids is 1. The number of pyridine rings is 1. The molecule has 0 aliphatic heterocycles. The Hall–Kier alpha value is -1.76. The fourth-order valence-corrected chi connectivity index (χ4v) is 1.90. The zero-order valence-electron chi connectivity index (χ0n) is 11.5. The van der Waals surface area contributed by atoms with Gasteiger partial charge in [-0.15, -0.1) is 11.8 Å². The van der Waals surface area contributed by atoms with Gasteiger partial charge in [0, 0.05) is 18.4 Å². The van der Waals surface area contributed by atoms with E-state index in [2.05, 4.69) is 10.3 Å². The van der Waals surface area contributed by atoms with Crippen LogP contribution in [0.1, 0.15) is 24.3 Å². The third kappa shape index (κ3) is 6.42. The van der Waals surface area contributed by atoms with E-state index < -0.39 is 5.97 Å². The highest BCUT2D eigenvalue weighted by atomic mass is 32.2. The minimum Gasteiger partial charge on any atom is -0.481 e. The Labute approximate surface area is 121 Å². The molecule has 110 valence electrons. The van der Waals surface area contributed by atoms with Crippen LogP contribution >= 0.6 is 11.8 Å². The summed E-state index contributed by atoms with van der Waals surface area (Å²) in [6, 6.07) is 5.01. The topological polar surface area (TPSA) is 88.5 Å². The van der Waals surface area contributed by atoms with E-state index in [0.29, 0.717) is 18.2 Å². The molecule has 0 aromatic carbocycles. The minimum absolute atomic E-state index is 0.00627. The SMILES string of the molecule is CC(C)Oc1cccc(C(=O)NCCSCC(=O)O)n1. The van der Waals surface area contributed by atoms with Crippen molar-refractivity contribution < 1.29 is 19.4 Å². The normalized spacial score (nSPS) is 10.3. The van der Waals surface area contributed by atoms with Crippen molar-refractivity contribution in [3.05, 3.63) is 23.9 Å². The highest BCUT2D eigenvalue weighted by Crippen LogP contribution is 2.09. The average molecular weight is 298 g/mol. The Morgan fingerprint density at radius 2 is 2.20 bits per heavy atom. The molecule has 20 heavy (non-hydrogen) atoms. The van der Waals surface area contributed by atoms with Gasteiger partial charge in [0.05, 0.1) is 11.9 Å². The second kappa shape index (κ2) is 8.42. The molecular formula is C13H18N2O4S. The van der Waals surface area contributed by atoms with E-state index in [1.165, 1.54) is 11.8 Å². The number of ether oxygens (including phenoxy) is 1. The number of thioether (sulfide) groups is 1. The lowest BCUT2D eigenvalue weighted by molar-refractivity contribution is -0.133. The molecule has 6 nitrogen and oxygen atoms in total. The summed E-state index contributed by atoms with van der Waals surface area (Å²) in [6.45, 7) is 4.16. The van der Waals surface area contributed by atoms with E-state index in [1.54, 1.807) is 18.2 Å². The van der Waals surface area contributed by atoms with Crippen LogP contribution in [0.2, 0.25) is 0 Å². The van der Waals surface area contributed by atoms with Crippen LogP contribution in [0.3, 0.4) is 0 Å². The second-order valence-corrected chi connectivity index (χ2v) is 5.34. The van der Waals surface area contributed by atoms with E-state index in [0.717, 1.165) is 0 Å². The van der Waals surface area contributed by atoms with E-state index >= 15 is 0 Å². The number of amides is 1. The molecule has 0 saturated heterocycles. The summed E-state index contributed by atoms with van der Waals surface area (Å²) in [5, 5.41) is 11.2. The van der Waals surface area contributed by atoms with Gasteiger partial charge in [-0.1, -0.05) is 6.07 Å². The van der Waals surface area contributed by atoms with Crippen molar-refractivity contribution in [1.82, 2.24) is 10.3 Å². The summed E-state index contributed by atoms with van der Waals surface area (Å²) in [7, 11) is 0. The van der Waals surface area contributed by atoms with Crippen molar-refractivity contribution in [2.45, 2.75) is 20.0 Å². The summed E-state index contributed by atoms with van der Waals surface area (Å²) in [4.78, 5) is 26.2. The molecular weight excluding hydrogens is 280 g/mol. The first-order valence-electron chi connectivity index (χ1n) is 6.20. The number of carboxylic acids is 1. The molecule has 1 aromatic heterocycles. The van der Waals surface area contributed by atoms with Gasteiger partial charge in [-0.2, -0.15) is 0 Å². The van der Waals surface area contributed by atoms with Gasteiger partial charge in [0.15, 0.2) is 0 Å². The summed E-state index contributed by atoms with van der Waals surface area (Å²) in [5.74, 6) is -0.170. The maximum Gasteiger partial charge on any atom is 0.313 e. The largest absolute Gasteiger partial charge is 0.481 e. The van der Waals surface area contributed by atoms with Crippen LogP contribution in [-0.2, 0) is 4.79 Å². The van der Waals surface area contributed by atoms with Crippen LogP contribution in [-0.4, -0.2) is 46.1 Å². The molecule has 1 aromatic rings. The molecule has 0 atom stereocenters. The van der Waals surface area contributed by atoms with Crippen molar-refractivity contribution in [3.8, 4) is 5.88 Å². The van der Waals surface area contributed by atoms with Crippen molar-refractivity contribution in [3.63, 3.8) is 0 Å². The summed E-state index contributed by atoms with van der Waals surface area (Å²) in [6.07, 6.45) is -0.00627. The van der Waals surface area contributed by atoms with Crippen molar-refractivity contribution in [2.24, 2.45) is 0 Å². The van der Waals surface area contributed by atoms with E-state index in [-0.39, 0.29) is 23.5 Å². The number of aromatic nitrogens is 1.